The monoisotopic (exact) mass is 334 g/mol. The molecule has 4 nitrogen and oxygen atoms in total. The van der Waals surface area contributed by atoms with Crippen molar-refractivity contribution < 1.29 is 14.6 Å². The van der Waals surface area contributed by atoms with Gasteiger partial charge in [-0.25, -0.2) is 0 Å². The number of ether oxygens (including phenoxy) is 1. The number of aromatic carboxylic acids is 1. The van der Waals surface area contributed by atoms with Crippen LogP contribution in [0.3, 0.4) is 0 Å². The Kier molecular flexibility index (Phi) is 3.75. The number of hydrogen-bond acceptors (Lipinski definition) is 4. The van der Waals surface area contributed by atoms with Crippen LogP contribution in [-0.4, -0.2) is 13.1 Å². The predicted octanol–water partition coefficient (Wildman–Crippen LogP) is 3.19. The van der Waals surface area contributed by atoms with E-state index in [9.17, 15) is 9.90 Å². The zero-order valence-electron chi connectivity index (χ0n) is 14.3. The predicted molar refractivity (Wildman–Crippen MR) is 94.9 cm³/mol. The third-order valence-corrected chi connectivity index (χ3v) is 5.42. The fraction of sp³-hybridized carbons (Fsp3) is 0.286. The fourth-order valence-corrected chi connectivity index (χ4v) is 4.20. The topological polar surface area (TPSA) is 61.4 Å². The maximum absolute atomic E-state index is 11.0. The van der Waals surface area contributed by atoms with Crippen LogP contribution in [0.1, 0.15) is 45.4 Å². The molecule has 0 bridgehead atoms. The van der Waals surface area contributed by atoms with Gasteiger partial charge in [0.15, 0.2) is 0 Å². The third-order valence-electron chi connectivity index (χ3n) is 5.42. The van der Waals surface area contributed by atoms with Crippen LogP contribution >= 0.6 is 0 Å². The Balaban J connectivity index is 1.79. The zero-order chi connectivity index (χ0) is 17.6. The van der Waals surface area contributed by atoms with E-state index >= 15 is 0 Å². The maximum atomic E-state index is 11.0. The van der Waals surface area contributed by atoms with E-state index in [0.717, 1.165) is 23.4 Å². The van der Waals surface area contributed by atoms with Gasteiger partial charge in [0.1, 0.15) is 5.75 Å². The number of hydrogen-bond donors (Lipinski definition) is 1. The van der Waals surface area contributed by atoms with Crippen LogP contribution in [0.5, 0.6) is 5.75 Å². The molecule has 2 aliphatic rings. The molecular formula is C21H20NO3-. The largest absolute Gasteiger partial charge is 0.545 e. The van der Waals surface area contributed by atoms with Crippen molar-refractivity contribution in [2.45, 2.75) is 25.3 Å². The highest BCUT2D eigenvalue weighted by molar-refractivity contribution is 5.85. The third kappa shape index (κ3) is 2.49. The minimum Gasteiger partial charge on any atom is -0.545 e. The molecule has 2 aromatic carbocycles. The van der Waals surface area contributed by atoms with Gasteiger partial charge in [-0.2, -0.15) is 0 Å². The summed E-state index contributed by atoms with van der Waals surface area (Å²) < 4.78 is 5.58. The van der Waals surface area contributed by atoms with E-state index < -0.39 is 5.97 Å². The van der Waals surface area contributed by atoms with Gasteiger partial charge in [-0.05, 0) is 47.6 Å². The van der Waals surface area contributed by atoms with Gasteiger partial charge in [0.05, 0.1) is 24.8 Å². The normalized spacial score (nSPS) is 23.5. The SMILES string of the molecule is COc1ccc(C)c2c1N[C@@H](c1ccc(C(=O)[O-])cc1)[C@H]1CC=C[C@@H]21. The number of nitrogens with one attached hydrogen (secondary N) is 1. The molecule has 2 aromatic rings. The lowest BCUT2D eigenvalue weighted by molar-refractivity contribution is -0.255. The van der Waals surface area contributed by atoms with Crippen molar-refractivity contribution in [3.05, 3.63) is 70.8 Å². The lowest BCUT2D eigenvalue weighted by atomic mass is 9.75. The molecule has 0 saturated heterocycles. The molecule has 1 heterocycles. The summed E-state index contributed by atoms with van der Waals surface area (Å²) in [4.78, 5) is 11.0. The first-order valence-corrected chi connectivity index (χ1v) is 8.52. The average molecular weight is 334 g/mol. The summed E-state index contributed by atoms with van der Waals surface area (Å²) >= 11 is 0. The summed E-state index contributed by atoms with van der Waals surface area (Å²) in [5, 5.41) is 14.7. The summed E-state index contributed by atoms with van der Waals surface area (Å²) in [6.07, 6.45) is 5.54. The van der Waals surface area contributed by atoms with Crippen LogP contribution in [0.2, 0.25) is 0 Å². The van der Waals surface area contributed by atoms with Crippen LogP contribution in [0.15, 0.2) is 48.6 Å². The molecular weight excluding hydrogens is 314 g/mol. The number of aryl methyl sites for hydroxylation is 1. The van der Waals surface area contributed by atoms with Crippen molar-refractivity contribution in [3.63, 3.8) is 0 Å². The lowest BCUT2D eigenvalue weighted by Crippen LogP contribution is -2.30. The first-order valence-electron chi connectivity index (χ1n) is 8.52. The van der Waals surface area contributed by atoms with Crippen molar-refractivity contribution in [3.8, 4) is 5.75 Å². The van der Waals surface area contributed by atoms with Crippen molar-refractivity contribution >= 4 is 11.7 Å². The van der Waals surface area contributed by atoms with E-state index in [2.05, 4.69) is 30.5 Å². The van der Waals surface area contributed by atoms with Gasteiger partial charge in [0.2, 0.25) is 0 Å². The number of carboxylic acid groups (broad SMARTS) is 1. The number of rotatable bonds is 3. The quantitative estimate of drug-likeness (QED) is 0.876. The zero-order valence-corrected chi connectivity index (χ0v) is 14.3. The molecule has 0 unspecified atom stereocenters. The highest BCUT2D eigenvalue weighted by Crippen LogP contribution is 2.53. The summed E-state index contributed by atoms with van der Waals surface area (Å²) in [5.41, 5.74) is 4.90. The van der Waals surface area contributed by atoms with Gasteiger partial charge in [-0.1, -0.05) is 42.5 Å². The summed E-state index contributed by atoms with van der Waals surface area (Å²) in [7, 11) is 1.69. The molecule has 0 amide bonds. The molecule has 4 heteroatoms. The van der Waals surface area contributed by atoms with Gasteiger partial charge in [-0.15, -0.1) is 0 Å². The minimum atomic E-state index is -1.15. The molecule has 1 N–H and O–H groups in total. The van der Waals surface area contributed by atoms with Crippen LogP contribution in [0, 0.1) is 12.8 Å². The second-order valence-electron chi connectivity index (χ2n) is 6.76. The van der Waals surface area contributed by atoms with E-state index in [1.807, 2.05) is 18.2 Å². The average Bonchev–Trinajstić information content (AvgIpc) is 3.11. The number of benzene rings is 2. The van der Waals surface area contributed by atoms with Gasteiger partial charge in [-0.3, -0.25) is 0 Å². The highest BCUT2D eigenvalue weighted by atomic mass is 16.5. The molecule has 0 aromatic heterocycles. The Morgan fingerprint density at radius 1 is 1.20 bits per heavy atom. The number of carbonyl (C=O) groups is 1. The summed E-state index contributed by atoms with van der Waals surface area (Å²) in [5.74, 6) is 0.450. The molecule has 0 saturated carbocycles. The van der Waals surface area contributed by atoms with Crippen molar-refractivity contribution in [1.29, 1.82) is 0 Å². The molecule has 128 valence electrons. The molecule has 1 aliphatic heterocycles. The van der Waals surface area contributed by atoms with Crippen LogP contribution in [0.25, 0.3) is 0 Å². The molecule has 0 radical (unpaired) electrons. The van der Waals surface area contributed by atoms with E-state index in [4.69, 9.17) is 4.74 Å². The smallest absolute Gasteiger partial charge is 0.142 e. The molecule has 25 heavy (non-hydrogen) atoms. The lowest BCUT2D eigenvalue weighted by Gasteiger charge is -2.39. The first kappa shape index (κ1) is 15.8. The molecule has 0 fully saturated rings. The number of fused-ring (bicyclic) bond motifs is 3. The van der Waals surface area contributed by atoms with E-state index in [0.29, 0.717) is 11.8 Å². The highest BCUT2D eigenvalue weighted by Gasteiger charge is 2.39. The summed E-state index contributed by atoms with van der Waals surface area (Å²) in [6.45, 7) is 2.14. The maximum Gasteiger partial charge on any atom is 0.142 e. The Labute approximate surface area is 147 Å². The second-order valence-corrected chi connectivity index (χ2v) is 6.76. The molecule has 4 rings (SSSR count). The molecule has 3 atom stereocenters. The van der Waals surface area contributed by atoms with E-state index in [1.54, 1.807) is 19.2 Å². The number of carboxylic acids is 1. The van der Waals surface area contributed by atoms with E-state index in [1.165, 1.54) is 11.1 Å². The fourth-order valence-electron chi connectivity index (χ4n) is 4.20. The van der Waals surface area contributed by atoms with Crippen molar-refractivity contribution in [1.82, 2.24) is 0 Å². The minimum absolute atomic E-state index is 0.110. The standard InChI is InChI=1S/C21H21NO3/c1-12-6-11-17(25-2)20-18(12)15-4-3-5-16(15)19(22-20)13-7-9-14(10-8-13)21(23)24/h3-4,6-11,15-16,19,22H,5H2,1-2H3,(H,23,24)/p-1/t15-,16+,19+/m1/s1. The number of methoxy groups -OCH3 is 1. The Morgan fingerprint density at radius 3 is 2.64 bits per heavy atom. The second kappa shape index (κ2) is 5.96. The van der Waals surface area contributed by atoms with Crippen molar-refractivity contribution in [2.24, 2.45) is 5.92 Å². The van der Waals surface area contributed by atoms with E-state index in [-0.39, 0.29) is 11.6 Å². The summed E-state index contributed by atoms with van der Waals surface area (Å²) in [6, 6.07) is 11.2. The Morgan fingerprint density at radius 2 is 1.96 bits per heavy atom. The van der Waals surface area contributed by atoms with Gasteiger partial charge >= 0.3 is 0 Å². The number of carbonyl (C=O) groups excluding carboxylic acids is 1. The van der Waals surface area contributed by atoms with Crippen LogP contribution in [0.4, 0.5) is 5.69 Å². The molecule has 0 spiro atoms. The van der Waals surface area contributed by atoms with Crippen LogP contribution in [-0.2, 0) is 0 Å². The van der Waals surface area contributed by atoms with Gasteiger partial charge in [0.25, 0.3) is 0 Å². The van der Waals surface area contributed by atoms with Gasteiger partial charge in [0, 0.05) is 5.92 Å². The number of allylic oxidation sites excluding steroid dienone is 2. The molecule has 1 aliphatic carbocycles. The number of anilines is 1. The van der Waals surface area contributed by atoms with Gasteiger partial charge < -0.3 is 20.0 Å². The first-order chi connectivity index (χ1) is 12.1. The van der Waals surface area contributed by atoms with Crippen molar-refractivity contribution in [2.75, 3.05) is 12.4 Å². The van der Waals surface area contributed by atoms with Crippen LogP contribution < -0.4 is 15.2 Å². The Hall–Kier alpha value is -2.75. The Bertz CT molecular complexity index is 854.